The Balaban J connectivity index is 3.26. The van der Waals surface area contributed by atoms with Gasteiger partial charge in [-0.25, -0.2) is 0 Å². The Hall–Kier alpha value is -1.55. The van der Waals surface area contributed by atoms with Crippen molar-refractivity contribution in [2.75, 3.05) is 14.2 Å². The molecule has 0 bridgehead atoms. The Morgan fingerprint density at radius 2 is 1.71 bits per heavy atom. The highest BCUT2D eigenvalue weighted by Gasteiger charge is 2.31. The molecule has 0 aromatic heterocycles. The zero-order valence-electron chi connectivity index (χ0n) is 9.82. The number of aryl methyl sites for hydroxylation is 1. The molecular weight excluding hydrogens is 244 g/mol. The molecule has 0 heterocycles. The standard InChI is InChI=1S/C12H13ClO4/c1-7-4-5-8(13)6-9(7)10(11(14)16-2)12(15)17-3/h4-6,10H,1-3H3. The van der Waals surface area contributed by atoms with Gasteiger partial charge in [0.05, 0.1) is 14.2 Å². The van der Waals surface area contributed by atoms with Crippen LogP contribution >= 0.6 is 11.6 Å². The number of benzene rings is 1. The monoisotopic (exact) mass is 256 g/mol. The summed E-state index contributed by atoms with van der Waals surface area (Å²) in [6, 6.07) is 4.98. The summed E-state index contributed by atoms with van der Waals surface area (Å²) in [6.45, 7) is 1.78. The van der Waals surface area contributed by atoms with Crippen LogP contribution in [-0.4, -0.2) is 26.2 Å². The fourth-order valence-electron chi connectivity index (χ4n) is 1.51. The first kappa shape index (κ1) is 13.5. The first-order valence-corrected chi connectivity index (χ1v) is 5.30. The number of rotatable bonds is 3. The van der Waals surface area contributed by atoms with Gasteiger partial charge in [0.1, 0.15) is 0 Å². The number of ether oxygens (including phenoxy) is 2. The molecule has 0 amide bonds. The minimum atomic E-state index is -1.09. The van der Waals surface area contributed by atoms with Crippen molar-refractivity contribution < 1.29 is 19.1 Å². The predicted octanol–water partition coefficient (Wildman–Crippen LogP) is 2.08. The molecule has 0 unspecified atom stereocenters. The largest absolute Gasteiger partial charge is 0.468 e. The normalized spacial score (nSPS) is 10.2. The van der Waals surface area contributed by atoms with Gasteiger partial charge in [-0.15, -0.1) is 0 Å². The molecule has 0 spiro atoms. The van der Waals surface area contributed by atoms with Gasteiger partial charge in [0.2, 0.25) is 0 Å². The number of esters is 2. The van der Waals surface area contributed by atoms with Crippen molar-refractivity contribution in [3.05, 3.63) is 34.3 Å². The van der Waals surface area contributed by atoms with Gasteiger partial charge >= 0.3 is 11.9 Å². The molecule has 1 rings (SSSR count). The highest BCUT2D eigenvalue weighted by atomic mass is 35.5. The molecule has 0 aliphatic rings. The van der Waals surface area contributed by atoms with Gasteiger partial charge in [-0.2, -0.15) is 0 Å². The van der Waals surface area contributed by atoms with Crippen molar-refractivity contribution in [3.8, 4) is 0 Å². The molecule has 0 fully saturated rings. The van der Waals surface area contributed by atoms with Crippen LogP contribution in [0, 0.1) is 6.92 Å². The van der Waals surface area contributed by atoms with E-state index in [0.717, 1.165) is 5.56 Å². The lowest BCUT2D eigenvalue weighted by atomic mass is 9.95. The van der Waals surface area contributed by atoms with Crippen LogP contribution in [0.5, 0.6) is 0 Å². The number of carbonyl (C=O) groups is 2. The molecule has 0 aliphatic carbocycles. The predicted molar refractivity (Wildman–Crippen MR) is 63.0 cm³/mol. The molecule has 1 aromatic carbocycles. The second-order valence-electron chi connectivity index (χ2n) is 3.48. The van der Waals surface area contributed by atoms with Crippen LogP contribution < -0.4 is 0 Å². The maximum atomic E-state index is 11.6. The number of hydrogen-bond acceptors (Lipinski definition) is 4. The average Bonchev–Trinajstić information content (AvgIpc) is 2.33. The fraction of sp³-hybridized carbons (Fsp3) is 0.333. The Labute approximate surface area is 104 Å². The van der Waals surface area contributed by atoms with E-state index < -0.39 is 17.9 Å². The average molecular weight is 257 g/mol. The molecule has 1 aromatic rings. The minimum Gasteiger partial charge on any atom is -0.468 e. The first-order valence-electron chi connectivity index (χ1n) is 4.93. The lowest BCUT2D eigenvalue weighted by Crippen LogP contribution is -2.25. The van der Waals surface area contributed by atoms with Crippen LogP contribution in [0.15, 0.2) is 18.2 Å². The van der Waals surface area contributed by atoms with E-state index in [2.05, 4.69) is 9.47 Å². The van der Waals surface area contributed by atoms with E-state index in [0.29, 0.717) is 10.6 Å². The number of carbonyl (C=O) groups excluding carboxylic acids is 2. The second-order valence-corrected chi connectivity index (χ2v) is 3.92. The third-order valence-corrected chi connectivity index (χ3v) is 2.66. The first-order chi connectivity index (χ1) is 8.01. The van der Waals surface area contributed by atoms with Crippen molar-refractivity contribution >= 4 is 23.5 Å². The van der Waals surface area contributed by atoms with E-state index in [-0.39, 0.29) is 0 Å². The van der Waals surface area contributed by atoms with Crippen molar-refractivity contribution in [1.29, 1.82) is 0 Å². The highest BCUT2D eigenvalue weighted by Crippen LogP contribution is 2.25. The molecule has 0 atom stereocenters. The third kappa shape index (κ3) is 2.97. The highest BCUT2D eigenvalue weighted by molar-refractivity contribution is 6.30. The lowest BCUT2D eigenvalue weighted by molar-refractivity contribution is -0.154. The molecule has 0 radical (unpaired) electrons. The van der Waals surface area contributed by atoms with Crippen molar-refractivity contribution in [1.82, 2.24) is 0 Å². The molecule has 0 N–H and O–H groups in total. The van der Waals surface area contributed by atoms with Gasteiger partial charge in [0.15, 0.2) is 5.92 Å². The summed E-state index contributed by atoms with van der Waals surface area (Å²) in [4.78, 5) is 23.2. The van der Waals surface area contributed by atoms with Crippen LogP contribution in [0.2, 0.25) is 5.02 Å². The molecule has 0 aliphatic heterocycles. The van der Waals surface area contributed by atoms with Gasteiger partial charge in [0, 0.05) is 5.02 Å². The Bertz CT molecular complexity index is 426. The molecule has 0 saturated heterocycles. The van der Waals surface area contributed by atoms with Gasteiger partial charge in [-0.1, -0.05) is 17.7 Å². The van der Waals surface area contributed by atoms with E-state index in [1.807, 2.05) is 0 Å². The Kier molecular flexibility index (Phi) is 4.52. The summed E-state index contributed by atoms with van der Waals surface area (Å²) in [7, 11) is 2.44. The van der Waals surface area contributed by atoms with Crippen molar-refractivity contribution in [2.45, 2.75) is 12.8 Å². The number of methoxy groups -OCH3 is 2. The molecular formula is C12H13ClO4. The fourth-order valence-corrected chi connectivity index (χ4v) is 1.69. The number of halogens is 1. The summed E-state index contributed by atoms with van der Waals surface area (Å²) < 4.78 is 9.20. The van der Waals surface area contributed by atoms with Gasteiger partial charge in [-0.3, -0.25) is 9.59 Å². The van der Waals surface area contributed by atoms with Gasteiger partial charge in [0.25, 0.3) is 0 Å². The number of hydrogen-bond donors (Lipinski definition) is 0. The zero-order chi connectivity index (χ0) is 13.0. The lowest BCUT2D eigenvalue weighted by Gasteiger charge is -2.15. The molecule has 17 heavy (non-hydrogen) atoms. The summed E-state index contributed by atoms with van der Waals surface area (Å²) in [5.74, 6) is -2.42. The minimum absolute atomic E-state index is 0.448. The van der Waals surface area contributed by atoms with Crippen LogP contribution in [0.3, 0.4) is 0 Å². The SMILES string of the molecule is COC(=O)C(C(=O)OC)c1cc(Cl)ccc1C. The quantitative estimate of drug-likeness (QED) is 0.614. The van der Waals surface area contributed by atoms with E-state index in [1.165, 1.54) is 14.2 Å². The van der Waals surface area contributed by atoms with Crippen LogP contribution in [0.25, 0.3) is 0 Å². The van der Waals surface area contributed by atoms with E-state index in [4.69, 9.17) is 11.6 Å². The van der Waals surface area contributed by atoms with Gasteiger partial charge in [-0.05, 0) is 30.2 Å². The smallest absolute Gasteiger partial charge is 0.324 e. The molecule has 92 valence electrons. The molecule has 5 heteroatoms. The summed E-state index contributed by atoms with van der Waals surface area (Å²) >= 11 is 5.85. The topological polar surface area (TPSA) is 52.6 Å². The van der Waals surface area contributed by atoms with Crippen LogP contribution in [-0.2, 0) is 19.1 Å². The Morgan fingerprint density at radius 1 is 1.18 bits per heavy atom. The molecule has 0 saturated carbocycles. The summed E-state index contributed by atoms with van der Waals surface area (Å²) in [6.07, 6.45) is 0. The van der Waals surface area contributed by atoms with Crippen LogP contribution in [0.4, 0.5) is 0 Å². The third-order valence-electron chi connectivity index (χ3n) is 2.43. The van der Waals surface area contributed by atoms with Crippen molar-refractivity contribution in [2.24, 2.45) is 0 Å². The maximum Gasteiger partial charge on any atom is 0.324 e. The zero-order valence-corrected chi connectivity index (χ0v) is 10.6. The summed E-state index contributed by atoms with van der Waals surface area (Å²) in [5, 5.41) is 0.448. The van der Waals surface area contributed by atoms with Gasteiger partial charge < -0.3 is 9.47 Å². The van der Waals surface area contributed by atoms with Crippen molar-refractivity contribution in [3.63, 3.8) is 0 Å². The second kappa shape index (κ2) is 5.68. The van der Waals surface area contributed by atoms with Crippen LogP contribution in [0.1, 0.15) is 17.0 Å². The molecule has 4 nitrogen and oxygen atoms in total. The van der Waals surface area contributed by atoms with E-state index in [9.17, 15) is 9.59 Å². The Morgan fingerprint density at radius 3 is 2.18 bits per heavy atom. The summed E-state index contributed by atoms with van der Waals surface area (Å²) in [5.41, 5.74) is 1.27. The maximum absolute atomic E-state index is 11.6. The van der Waals surface area contributed by atoms with E-state index >= 15 is 0 Å². The van der Waals surface area contributed by atoms with E-state index in [1.54, 1.807) is 25.1 Å².